The summed E-state index contributed by atoms with van der Waals surface area (Å²) in [6, 6.07) is 3.55. The standard InChI is InChI=1S/C17H22ClNO4/c1-4-22-15-10-13(9-14(18)17(15)21-3)5-6-16(20)19-7-8-23-12(2)11-19/h5-6,9-10,12H,4,7-8,11H2,1-3H3/b6-5+. The molecule has 23 heavy (non-hydrogen) atoms. The molecule has 0 N–H and O–H groups in total. The van der Waals surface area contributed by atoms with Crippen LogP contribution in [0.5, 0.6) is 11.5 Å². The van der Waals surface area contributed by atoms with Crippen LogP contribution in [0.3, 0.4) is 0 Å². The summed E-state index contributed by atoms with van der Waals surface area (Å²) in [5.74, 6) is 1.03. The molecule has 0 saturated carbocycles. The third kappa shape index (κ3) is 4.62. The van der Waals surface area contributed by atoms with Crippen LogP contribution in [0.15, 0.2) is 18.2 Å². The average molecular weight is 340 g/mol. The van der Waals surface area contributed by atoms with Crippen LogP contribution in [0.1, 0.15) is 19.4 Å². The summed E-state index contributed by atoms with van der Waals surface area (Å²) < 4.78 is 16.2. The van der Waals surface area contributed by atoms with Gasteiger partial charge in [0, 0.05) is 19.2 Å². The number of hydrogen-bond donors (Lipinski definition) is 0. The number of benzene rings is 1. The molecule has 1 heterocycles. The zero-order valence-corrected chi connectivity index (χ0v) is 14.4. The van der Waals surface area contributed by atoms with E-state index in [9.17, 15) is 4.79 Å². The van der Waals surface area contributed by atoms with E-state index in [1.807, 2.05) is 13.8 Å². The SMILES string of the molecule is CCOc1cc(/C=C/C(=O)N2CCOC(C)C2)cc(Cl)c1OC. The van der Waals surface area contributed by atoms with Gasteiger partial charge in [0.05, 0.1) is 31.5 Å². The van der Waals surface area contributed by atoms with Gasteiger partial charge < -0.3 is 19.1 Å². The normalized spacial score (nSPS) is 18.3. The van der Waals surface area contributed by atoms with Crippen molar-refractivity contribution >= 4 is 23.6 Å². The van der Waals surface area contributed by atoms with Gasteiger partial charge in [-0.25, -0.2) is 0 Å². The minimum atomic E-state index is -0.0370. The predicted octanol–water partition coefficient (Wildman–Crippen LogP) is 3.01. The highest BCUT2D eigenvalue weighted by atomic mass is 35.5. The lowest BCUT2D eigenvalue weighted by atomic mass is 10.1. The zero-order chi connectivity index (χ0) is 16.8. The van der Waals surface area contributed by atoms with E-state index in [-0.39, 0.29) is 12.0 Å². The Kier molecular flexibility index (Phi) is 6.30. The van der Waals surface area contributed by atoms with Gasteiger partial charge in [-0.2, -0.15) is 0 Å². The molecule has 2 rings (SSSR count). The van der Waals surface area contributed by atoms with Crippen molar-refractivity contribution in [3.63, 3.8) is 0 Å². The van der Waals surface area contributed by atoms with E-state index < -0.39 is 0 Å². The second kappa shape index (κ2) is 8.22. The van der Waals surface area contributed by atoms with Crippen LogP contribution in [0.2, 0.25) is 5.02 Å². The lowest BCUT2D eigenvalue weighted by molar-refractivity contribution is -0.132. The van der Waals surface area contributed by atoms with Crippen molar-refractivity contribution in [1.29, 1.82) is 0 Å². The molecule has 0 bridgehead atoms. The molecule has 126 valence electrons. The molecule has 1 atom stereocenters. The summed E-state index contributed by atoms with van der Waals surface area (Å²) >= 11 is 6.20. The van der Waals surface area contributed by atoms with E-state index in [1.165, 1.54) is 0 Å². The van der Waals surface area contributed by atoms with Gasteiger partial charge in [-0.3, -0.25) is 4.79 Å². The van der Waals surface area contributed by atoms with E-state index >= 15 is 0 Å². The molecule has 1 saturated heterocycles. The quantitative estimate of drug-likeness (QED) is 0.774. The number of nitrogens with zero attached hydrogens (tertiary/aromatic N) is 1. The van der Waals surface area contributed by atoms with Crippen LogP contribution >= 0.6 is 11.6 Å². The van der Waals surface area contributed by atoms with E-state index in [4.69, 9.17) is 25.8 Å². The van der Waals surface area contributed by atoms with Gasteiger partial charge in [-0.15, -0.1) is 0 Å². The van der Waals surface area contributed by atoms with Crippen molar-refractivity contribution in [2.45, 2.75) is 20.0 Å². The van der Waals surface area contributed by atoms with Crippen molar-refractivity contribution in [3.05, 3.63) is 28.8 Å². The highest BCUT2D eigenvalue weighted by Gasteiger charge is 2.19. The average Bonchev–Trinajstić information content (AvgIpc) is 2.53. The smallest absolute Gasteiger partial charge is 0.246 e. The minimum Gasteiger partial charge on any atom is -0.491 e. The first-order valence-corrected chi connectivity index (χ1v) is 8.01. The molecule has 1 aromatic carbocycles. The fourth-order valence-electron chi connectivity index (χ4n) is 2.44. The Labute approximate surface area is 141 Å². The number of rotatable bonds is 5. The Bertz CT molecular complexity index is 588. The van der Waals surface area contributed by atoms with Gasteiger partial charge in [0.2, 0.25) is 5.91 Å². The zero-order valence-electron chi connectivity index (χ0n) is 13.7. The molecular weight excluding hydrogens is 318 g/mol. The van der Waals surface area contributed by atoms with Crippen molar-refractivity contribution in [2.75, 3.05) is 33.4 Å². The van der Waals surface area contributed by atoms with Gasteiger partial charge >= 0.3 is 0 Å². The van der Waals surface area contributed by atoms with E-state index in [0.717, 1.165) is 5.56 Å². The Hall–Kier alpha value is -1.72. The first-order chi connectivity index (χ1) is 11.0. The Balaban J connectivity index is 2.13. The van der Waals surface area contributed by atoms with Crippen molar-refractivity contribution < 1.29 is 19.0 Å². The summed E-state index contributed by atoms with van der Waals surface area (Å²) in [5, 5.41) is 0.450. The molecule has 0 aliphatic carbocycles. The maximum absolute atomic E-state index is 12.2. The molecule has 1 unspecified atom stereocenters. The molecule has 1 aliphatic heterocycles. The van der Waals surface area contributed by atoms with Crippen LogP contribution in [0.25, 0.3) is 6.08 Å². The van der Waals surface area contributed by atoms with E-state index in [0.29, 0.717) is 42.8 Å². The molecule has 1 fully saturated rings. The predicted molar refractivity (Wildman–Crippen MR) is 90.2 cm³/mol. The van der Waals surface area contributed by atoms with Crippen molar-refractivity contribution in [3.8, 4) is 11.5 Å². The first-order valence-electron chi connectivity index (χ1n) is 7.64. The monoisotopic (exact) mass is 339 g/mol. The minimum absolute atomic E-state index is 0.0370. The molecule has 6 heteroatoms. The summed E-state index contributed by atoms with van der Waals surface area (Å²) in [5.41, 5.74) is 0.786. The van der Waals surface area contributed by atoms with Gasteiger partial charge in [0.15, 0.2) is 11.5 Å². The third-order valence-electron chi connectivity index (χ3n) is 3.51. The van der Waals surface area contributed by atoms with E-state index in [1.54, 1.807) is 36.3 Å². The summed E-state index contributed by atoms with van der Waals surface area (Å²) in [4.78, 5) is 14.0. The number of halogens is 1. The number of carbonyl (C=O) groups is 1. The van der Waals surface area contributed by atoms with Gasteiger partial charge in [-0.1, -0.05) is 11.6 Å². The summed E-state index contributed by atoms with van der Waals surface area (Å²) in [7, 11) is 1.54. The number of hydrogen-bond acceptors (Lipinski definition) is 4. The second-order valence-electron chi connectivity index (χ2n) is 5.27. The molecule has 5 nitrogen and oxygen atoms in total. The molecule has 0 radical (unpaired) electrons. The third-order valence-corrected chi connectivity index (χ3v) is 3.79. The molecule has 0 aromatic heterocycles. The van der Waals surface area contributed by atoms with Gasteiger partial charge in [0.25, 0.3) is 0 Å². The highest BCUT2D eigenvalue weighted by Crippen LogP contribution is 2.36. The number of amides is 1. The van der Waals surface area contributed by atoms with Crippen LogP contribution in [-0.4, -0.2) is 50.3 Å². The Morgan fingerprint density at radius 1 is 1.52 bits per heavy atom. The molecule has 1 aliphatic rings. The fraction of sp³-hybridized carbons (Fsp3) is 0.471. The Morgan fingerprint density at radius 2 is 2.30 bits per heavy atom. The number of morpholine rings is 1. The van der Waals surface area contributed by atoms with Crippen LogP contribution < -0.4 is 9.47 Å². The molecule has 1 aromatic rings. The molecular formula is C17H22ClNO4. The largest absolute Gasteiger partial charge is 0.491 e. The van der Waals surface area contributed by atoms with Crippen molar-refractivity contribution in [1.82, 2.24) is 4.90 Å². The summed E-state index contributed by atoms with van der Waals surface area (Å²) in [6.45, 7) is 6.14. The van der Waals surface area contributed by atoms with Crippen LogP contribution in [0, 0.1) is 0 Å². The van der Waals surface area contributed by atoms with Crippen LogP contribution in [0.4, 0.5) is 0 Å². The molecule has 1 amide bonds. The topological polar surface area (TPSA) is 48.0 Å². The highest BCUT2D eigenvalue weighted by molar-refractivity contribution is 6.32. The lowest BCUT2D eigenvalue weighted by Gasteiger charge is -2.30. The second-order valence-corrected chi connectivity index (χ2v) is 5.67. The first kappa shape index (κ1) is 17.6. The van der Waals surface area contributed by atoms with Gasteiger partial charge in [-0.05, 0) is 37.6 Å². The van der Waals surface area contributed by atoms with Crippen molar-refractivity contribution in [2.24, 2.45) is 0 Å². The molecule has 0 spiro atoms. The number of carbonyl (C=O) groups excluding carboxylic acids is 1. The maximum Gasteiger partial charge on any atom is 0.246 e. The Morgan fingerprint density at radius 3 is 2.96 bits per heavy atom. The number of methoxy groups -OCH3 is 1. The maximum atomic E-state index is 12.2. The van der Waals surface area contributed by atoms with Crippen LogP contribution in [-0.2, 0) is 9.53 Å². The lowest BCUT2D eigenvalue weighted by Crippen LogP contribution is -2.43. The fourth-order valence-corrected chi connectivity index (χ4v) is 2.73. The van der Waals surface area contributed by atoms with E-state index in [2.05, 4.69) is 0 Å². The van der Waals surface area contributed by atoms with Gasteiger partial charge in [0.1, 0.15) is 0 Å². The number of ether oxygens (including phenoxy) is 3. The summed E-state index contributed by atoms with van der Waals surface area (Å²) in [6.07, 6.45) is 3.35.